The molecule has 0 bridgehead atoms. The summed E-state index contributed by atoms with van der Waals surface area (Å²) in [5.74, 6) is -0.393. The predicted molar refractivity (Wildman–Crippen MR) is 112 cm³/mol. The van der Waals surface area contributed by atoms with E-state index < -0.39 is 41.4 Å². The molecular weight excluding hydrogens is 444 g/mol. The number of anilines is 1. The maximum absolute atomic E-state index is 13.1. The molecule has 0 saturated carbocycles. The molecule has 180 valence electrons. The molecule has 0 spiro atoms. The molecule has 1 amide bonds. The van der Waals surface area contributed by atoms with Crippen LogP contribution in [0, 0.1) is 5.82 Å². The van der Waals surface area contributed by atoms with E-state index in [0.717, 1.165) is 24.5 Å². The van der Waals surface area contributed by atoms with Crippen LogP contribution in [0.1, 0.15) is 31.9 Å². The second-order valence-electron chi connectivity index (χ2n) is 8.71. The maximum Gasteiger partial charge on any atom is 0.416 e. The predicted octanol–water partition coefficient (Wildman–Crippen LogP) is 4.29. The van der Waals surface area contributed by atoms with E-state index in [-0.39, 0.29) is 25.6 Å². The normalized spacial score (nSPS) is 18.9. The first-order chi connectivity index (χ1) is 15.4. The third-order valence-electron chi connectivity index (χ3n) is 4.86. The van der Waals surface area contributed by atoms with Crippen LogP contribution < -0.4 is 5.32 Å². The number of carbonyl (C=O) groups excluding carboxylic acids is 1. The molecule has 2 heterocycles. The van der Waals surface area contributed by atoms with E-state index in [1.165, 1.54) is 17.0 Å². The summed E-state index contributed by atoms with van der Waals surface area (Å²) in [6, 6.07) is 4.50. The van der Waals surface area contributed by atoms with E-state index in [1.54, 1.807) is 20.8 Å². The van der Waals surface area contributed by atoms with E-state index in [1.807, 2.05) is 0 Å². The lowest BCUT2D eigenvalue weighted by atomic mass is 10.1. The number of carbonyl (C=O) groups is 1. The zero-order chi connectivity index (χ0) is 24.2. The minimum Gasteiger partial charge on any atom is -0.444 e. The molecule has 0 aliphatic carbocycles. The van der Waals surface area contributed by atoms with E-state index in [2.05, 4.69) is 15.3 Å². The third-order valence-corrected chi connectivity index (χ3v) is 4.86. The summed E-state index contributed by atoms with van der Waals surface area (Å²) in [6.45, 7) is 6.01. The maximum atomic E-state index is 13.1. The minimum atomic E-state index is -4.38. The first-order valence-corrected chi connectivity index (χ1v) is 10.4. The monoisotopic (exact) mass is 470 g/mol. The van der Waals surface area contributed by atoms with Crippen LogP contribution in [0.4, 0.5) is 28.3 Å². The second-order valence-corrected chi connectivity index (χ2v) is 8.71. The van der Waals surface area contributed by atoms with Crippen molar-refractivity contribution in [2.75, 3.05) is 25.0 Å². The molecule has 2 aromatic rings. The topological polar surface area (TPSA) is 76.6 Å². The second kappa shape index (κ2) is 9.90. The number of hydrogen-bond acceptors (Lipinski definition) is 6. The quantitative estimate of drug-likeness (QED) is 0.635. The van der Waals surface area contributed by atoms with E-state index in [0.29, 0.717) is 12.0 Å². The Morgan fingerprint density at radius 3 is 2.33 bits per heavy atom. The van der Waals surface area contributed by atoms with E-state index >= 15 is 0 Å². The van der Waals surface area contributed by atoms with Crippen LogP contribution in [0.2, 0.25) is 0 Å². The number of alkyl halides is 3. The van der Waals surface area contributed by atoms with Crippen molar-refractivity contribution in [3.8, 4) is 0 Å². The highest BCUT2D eigenvalue weighted by Crippen LogP contribution is 2.29. The number of ether oxygens (including phenoxy) is 2. The summed E-state index contributed by atoms with van der Waals surface area (Å²) in [6.07, 6.45) is -2.90. The lowest BCUT2D eigenvalue weighted by molar-refractivity contribution is -0.137. The highest BCUT2D eigenvalue weighted by Gasteiger charge is 2.38. The van der Waals surface area contributed by atoms with Crippen molar-refractivity contribution in [2.45, 2.75) is 51.1 Å². The first-order valence-electron chi connectivity index (χ1n) is 10.4. The SMILES string of the molecule is CC(C)(C)OC(=O)N1C[C@@H](Nc2ncc(F)cn2)[C@H](OCCc2ccc(C(F)(F)F)cc2)C1. The Bertz CT molecular complexity index is 931. The Balaban J connectivity index is 1.62. The molecule has 3 rings (SSSR count). The van der Waals surface area contributed by atoms with Gasteiger partial charge in [0.05, 0.1) is 43.3 Å². The molecule has 1 aliphatic rings. The number of likely N-dealkylation sites (tertiary alicyclic amines) is 1. The summed E-state index contributed by atoms with van der Waals surface area (Å²) < 4.78 is 62.7. The van der Waals surface area contributed by atoms with Crippen LogP contribution >= 0.6 is 0 Å². The van der Waals surface area contributed by atoms with Gasteiger partial charge in [0.2, 0.25) is 5.95 Å². The van der Waals surface area contributed by atoms with Crippen molar-refractivity contribution < 1.29 is 31.8 Å². The minimum absolute atomic E-state index is 0.184. The van der Waals surface area contributed by atoms with Gasteiger partial charge in [-0.25, -0.2) is 19.2 Å². The van der Waals surface area contributed by atoms with Gasteiger partial charge in [-0.3, -0.25) is 0 Å². The van der Waals surface area contributed by atoms with Crippen LogP contribution in [0.15, 0.2) is 36.7 Å². The van der Waals surface area contributed by atoms with Crippen LogP contribution in [-0.2, 0) is 22.1 Å². The van der Waals surface area contributed by atoms with Crippen molar-refractivity contribution in [2.24, 2.45) is 0 Å². The number of halogens is 4. The fourth-order valence-electron chi connectivity index (χ4n) is 3.30. The van der Waals surface area contributed by atoms with Crippen LogP contribution in [0.5, 0.6) is 0 Å². The summed E-state index contributed by atoms with van der Waals surface area (Å²) >= 11 is 0. The lowest BCUT2D eigenvalue weighted by Crippen LogP contribution is -2.36. The highest BCUT2D eigenvalue weighted by molar-refractivity contribution is 5.69. The van der Waals surface area contributed by atoms with Crippen molar-refractivity contribution in [3.63, 3.8) is 0 Å². The standard InChI is InChI=1S/C22H26F4N4O3/c1-21(2,3)33-20(31)30-12-17(29-19-27-10-16(23)11-28-19)18(13-30)32-9-8-14-4-6-15(7-5-14)22(24,25)26/h4-7,10-11,17-18H,8-9,12-13H2,1-3H3,(H,27,28,29)/t17-,18-/m1/s1. The van der Waals surface area contributed by atoms with Crippen LogP contribution in [-0.4, -0.2) is 58.4 Å². The zero-order valence-corrected chi connectivity index (χ0v) is 18.5. The number of aromatic nitrogens is 2. The number of amides is 1. The van der Waals surface area contributed by atoms with Crippen molar-refractivity contribution in [1.29, 1.82) is 0 Å². The molecule has 1 aromatic carbocycles. The molecule has 1 fully saturated rings. The van der Waals surface area contributed by atoms with Gasteiger partial charge in [-0.15, -0.1) is 0 Å². The van der Waals surface area contributed by atoms with Crippen molar-refractivity contribution in [1.82, 2.24) is 14.9 Å². The molecular formula is C22H26F4N4O3. The highest BCUT2D eigenvalue weighted by atomic mass is 19.4. The molecule has 1 N–H and O–H groups in total. The summed E-state index contributed by atoms with van der Waals surface area (Å²) in [7, 11) is 0. The summed E-state index contributed by atoms with van der Waals surface area (Å²) in [5, 5.41) is 3.05. The molecule has 11 heteroatoms. The fraction of sp³-hybridized carbons (Fsp3) is 0.500. The molecule has 7 nitrogen and oxygen atoms in total. The summed E-state index contributed by atoms with van der Waals surface area (Å²) in [5.41, 5.74) is -0.683. The Labute approximate surface area is 189 Å². The Morgan fingerprint density at radius 2 is 1.76 bits per heavy atom. The van der Waals surface area contributed by atoms with Crippen LogP contribution in [0.25, 0.3) is 0 Å². The zero-order valence-electron chi connectivity index (χ0n) is 18.5. The van der Waals surface area contributed by atoms with Gasteiger partial charge in [-0.05, 0) is 44.9 Å². The molecule has 1 saturated heterocycles. The van der Waals surface area contributed by atoms with E-state index in [9.17, 15) is 22.4 Å². The smallest absolute Gasteiger partial charge is 0.416 e. The Morgan fingerprint density at radius 1 is 1.12 bits per heavy atom. The fourth-order valence-corrected chi connectivity index (χ4v) is 3.30. The molecule has 1 aromatic heterocycles. The number of benzene rings is 1. The number of hydrogen-bond donors (Lipinski definition) is 1. The van der Waals surface area contributed by atoms with Gasteiger partial charge >= 0.3 is 12.3 Å². The number of nitrogens with zero attached hydrogens (tertiary/aromatic N) is 3. The summed E-state index contributed by atoms with van der Waals surface area (Å²) in [4.78, 5) is 21.8. The molecule has 0 unspecified atom stereocenters. The molecule has 2 atom stereocenters. The van der Waals surface area contributed by atoms with E-state index in [4.69, 9.17) is 9.47 Å². The number of rotatable bonds is 6. The van der Waals surface area contributed by atoms with Crippen LogP contribution in [0.3, 0.4) is 0 Å². The van der Waals surface area contributed by atoms with Gasteiger partial charge in [0.1, 0.15) is 5.60 Å². The van der Waals surface area contributed by atoms with Gasteiger partial charge < -0.3 is 19.7 Å². The van der Waals surface area contributed by atoms with Gasteiger partial charge in [0.25, 0.3) is 0 Å². The van der Waals surface area contributed by atoms with Crippen molar-refractivity contribution in [3.05, 3.63) is 53.6 Å². The third kappa shape index (κ3) is 7.28. The molecule has 0 radical (unpaired) electrons. The molecule has 33 heavy (non-hydrogen) atoms. The lowest BCUT2D eigenvalue weighted by Gasteiger charge is -2.24. The molecule has 1 aliphatic heterocycles. The van der Waals surface area contributed by atoms with Gasteiger partial charge in [-0.1, -0.05) is 12.1 Å². The Kier molecular flexibility index (Phi) is 7.41. The average molecular weight is 470 g/mol. The Hall–Kier alpha value is -2.95. The number of nitrogens with one attached hydrogen (secondary N) is 1. The largest absolute Gasteiger partial charge is 0.444 e. The van der Waals surface area contributed by atoms with Crippen molar-refractivity contribution >= 4 is 12.0 Å². The van der Waals surface area contributed by atoms with Gasteiger partial charge in [-0.2, -0.15) is 13.2 Å². The first kappa shape index (κ1) is 24.7. The van der Waals surface area contributed by atoms with Gasteiger partial charge in [0, 0.05) is 6.54 Å². The average Bonchev–Trinajstić information content (AvgIpc) is 3.11. The van der Waals surface area contributed by atoms with Gasteiger partial charge in [0.15, 0.2) is 5.82 Å².